The van der Waals surface area contributed by atoms with Gasteiger partial charge in [0.05, 0.1) is 0 Å². The van der Waals surface area contributed by atoms with Gasteiger partial charge in [0.15, 0.2) is 0 Å². The molecular weight excluding hydrogens is 464 g/mol. The van der Waals surface area contributed by atoms with Crippen molar-refractivity contribution in [3.8, 4) is 0 Å². The first-order valence-electron chi connectivity index (χ1n) is 15.8. The van der Waals surface area contributed by atoms with E-state index >= 15 is 0 Å². The molecule has 5 fully saturated rings. The first-order chi connectivity index (χ1) is 17.9. The van der Waals surface area contributed by atoms with E-state index in [2.05, 4.69) is 58.4 Å². The van der Waals surface area contributed by atoms with Crippen molar-refractivity contribution in [3.63, 3.8) is 0 Å². The van der Waals surface area contributed by atoms with Gasteiger partial charge < -0.3 is 5.32 Å². The van der Waals surface area contributed by atoms with Crippen molar-refractivity contribution in [2.75, 3.05) is 0 Å². The third kappa shape index (κ3) is 3.58. The summed E-state index contributed by atoms with van der Waals surface area (Å²) in [5.74, 6) is 4.71. The number of hydrogen-bond donors (Lipinski definition) is 1. The third-order valence-electron chi connectivity index (χ3n) is 14.1. The van der Waals surface area contributed by atoms with Crippen molar-refractivity contribution >= 4 is 5.91 Å². The van der Waals surface area contributed by atoms with Crippen LogP contribution in [0.5, 0.6) is 0 Å². The average molecular weight is 517 g/mol. The Balaban J connectivity index is 1.37. The summed E-state index contributed by atoms with van der Waals surface area (Å²) in [6.45, 7) is 19.9. The normalized spacial score (nSPS) is 47.2. The number of amides is 1. The van der Waals surface area contributed by atoms with Gasteiger partial charge in [-0.05, 0) is 140 Å². The number of allylic oxidation sites excluding steroid dienone is 1. The Morgan fingerprint density at radius 1 is 0.868 bits per heavy atom. The zero-order chi connectivity index (χ0) is 27.1. The van der Waals surface area contributed by atoms with Crippen molar-refractivity contribution in [1.29, 1.82) is 0 Å². The van der Waals surface area contributed by atoms with Gasteiger partial charge in [0.25, 0.3) is 5.91 Å². The SMILES string of the molecule is C=C(C)[C@@H]1CC[C@@H]2CC[C@]3(C)[C@H](CC[C@@H]4[C@@]5(C)C(NC(=O)c6ccncc6)CCC(C)(C)[C@@H]5CC[C@]43C)[C@H]21. The quantitative estimate of drug-likeness (QED) is 0.409. The maximum Gasteiger partial charge on any atom is 0.251 e. The average Bonchev–Trinajstić information content (AvgIpc) is 3.31. The van der Waals surface area contributed by atoms with Gasteiger partial charge in [-0.15, -0.1) is 0 Å². The highest BCUT2D eigenvalue weighted by Gasteiger charge is 2.70. The second-order valence-electron chi connectivity index (χ2n) is 15.7. The molecule has 38 heavy (non-hydrogen) atoms. The van der Waals surface area contributed by atoms with Crippen LogP contribution in [0.4, 0.5) is 0 Å². The van der Waals surface area contributed by atoms with Gasteiger partial charge >= 0.3 is 0 Å². The molecule has 0 spiro atoms. The number of nitrogens with one attached hydrogen (secondary N) is 1. The zero-order valence-electron chi connectivity index (χ0n) is 25.0. The number of pyridine rings is 1. The standard InChI is InChI=1S/C35H52N2O/c1-22(2)25-9-8-23-12-18-33(5)26(30(23)25)10-11-28-34(33,6)19-13-27-32(3,4)17-14-29(35(27,28)7)37-31(38)24-15-20-36-21-16-24/h15-16,20-21,23,25-30H,1,8-14,17-19H2,2-7H3,(H,37,38)/t23-,25+,26-,27+,28+,29?,30-,33-,34-,35+/m1/s1. The van der Waals surface area contributed by atoms with Crippen LogP contribution in [-0.2, 0) is 0 Å². The first kappa shape index (κ1) is 26.6. The van der Waals surface area contributed by atoms with Crippen LogP contribution in [0.2, 0.25) is 0 Å². The fourth-order valence-corrected chi connectivity index (χ4v) is 12.2. The van der Waals surface area contributed by atoms with E-state index in [4.69, 9.17) is 0 Å². The third-order valence-corrected chi connectivity index (χ3v) is 14.1. The highest BCUT2D eigenvalue weighted by molar-refractivity contribution is 5.94. The Morgan fingerprint density at radius 3 is 2.29 bits per heavy atom. The predicted molar refractivity (Wildman–Crippen MR) is 156 cm³/mol. The molecule has 5 aliphatic carbocycles. The lowest BCUT2D eigenvalue weighted by molar-refractivity contribution is -0.234. The van der Waals surface area contributed by atoms with Crippen LogP contribution in [0, 0.1) is 57.2 Å². The number of fused-ring (bicyclic) bond motifs is 7. The fraction of sp³-hybridized carbons (Fsp3) is 0.771. The summed E-state index contributed by atoms with van der Waals surface area (Å²) in [6, 6.07) is 3.95. The summed E-state index contributed by atoms with van der Waals surface area (Å²) in [5.41, 5.74) is 3.32. The van der Waals surface area contributed by atoms with Crippen molar-refractivity contribution < 1.29 is 4.79 Å². The number of carbonyl (C=O) groups is 1. The van der Waals surface area contributed by atoms with Gasteiger partial charge in [0.1, 0.15) is 0 Å². The molecule has 0 radical (unpaired) electrons. The molecule has 0 bridgehead atoms. The lowest BCUT2D eigenvalue weighted by Crippen LogP contribution is -2.69. The summed E-state index contributed by atoms with van der Waals surface area (Å²) in [5, 5.41) is 3.63. The smallest absolute Gasteiger partial charge is 0.251 e. The maximum atomic E-state index is 13.5. The molecule has 6 rings (SSSR count). The zero-order valence-corrected chi connectivity index (χ0v) is 25.0. The van der Waals surface area contributed by atoms with Crippen LogP contribution in [0.3, 0.4) is 0 Å². The monoisotopic (exact) mass is 516 g/mol. The molecule has 1 aromatic heterocycles. The maximum absolute atomic E-state index is 13.5. The van der Waals surface area contributed by atoms with Crippen molar-refractivity contribution in [2.45, 2.75) is 112 Å². The van der Waals surface area contributed by atoms with Gasteiger partial charge in [-0.25, -0.2) is 0 Å². The Morgan fingerprint density at radius 2 is 1.58 bits per heavy atom. The highest BCUT2D eigenvalue weighted by atomic mass is 16.1. The topological polar surface area (TPSA) is 42.0 Å². The van der Waals surface area contributed by atoms with Crippen LogP contribution in [0.25, 0.3) is 0 Å². The van der Waals surface area contributed by atoms with Gasteiger partial charge in [-0.2, -0.15) is 0 Å². The molecule has 5 aliphatic rings. The van der Waals surface area contributed by atoms with Crippen LogP contribution < -0.4 is 5.32 Å². The van der Waals surface area contributed by atoms with Gasteiger partial charge in [-0.1, -0.05) is 46.8 Å². The molecular formula is C35H52N2O. The van der Waals surface area contributed by atoms with Gasteiger partial charge in [0.2, 0.25) is 0 Å². The second kappa shape index (κ2) is 8.93. The van der Waals surface area contributed by atoms with E-state index < -0.39 is 0 Å². The molecule has 1 heterocycles. The van der Waals surface area contributed by atoms with Crippen LogP contribution >= 0.6 is 0 Å². The lowest BCUT2D eigenvalue weighted by Gasteiger charge is -2.73. The van der Waals surface area contributed by atoms with E-state index in [1.54, 1.807) is 12.4 Å². The minimum absolute atomic E-state index is 0.0834. The number of rotatable bonds is 3. The van der Waals surface area contributed by atoms with E-state index in [9.17, 15) is 4.79 Å². The number of aromatic nitrogens is 1. The molecule has 0 saturated heterocycles. The molecule has 5 saturated carbocycles. The predicted octanol–water partition coefficient (Wildman–Crippen LogP) is 8.47. The van der Waals surface area contributed by atoms with Crippen molar-refractivity contribution in [3.05, 3.63) is 42.2 Å². The van der Waals surface area contributed by atoms with Crippen molar-refractivity contribution in [1.82, 2.24) is 10.3 Å². The number of hydrogen-bond acceptors (Lipinski definition) is 2. The van der Waals surface area contributed by atoms with Crippen LogP contribution in [-0.4, -0.2) is 16.9 Å². The van der Waals surface area contributed by atoms with Crippen LogP contribution in [0.15, 0.2) is 36.7 Å². The minimum atomic E-state index is 0.0834. The summed E-state index contributed by atoms with van der Waals surface area (Å²) in [4.78, 5) is 17.6. The molecule has 1 aromatic rings. The molecule has 1 unspecified atom stereocenters. The largest absolute Gasteiger partial charge is 0.349 e. The lowest BCUT2D eigenvalue weighted by atomic mass is 9.32. The minimum Gasteiger partial charge on any atom is -0.349 e. The molecule has 3 nitrogen and oxygen atoms in total. The van der Waals surface area contributed by atoms with Crippen LogP contribution in [0.1, 0.15) is 116 Å². The molecule has 0 aromatic carbocycles. The Kier molecular flexibility index (Phi) is 6.25. The second-order valence-corrected chi connectivity index (χ2v) is 15.7. The summed E-state index contributed by atoms with van der Waals surface area (Å²) >= 11 is 0. The van der Waals surface area contributed by atoms with Crippen molar-refractivity contribution in [2.24, 2.45) is 57.2 Å². The van der Waals surface area contributed by atoms with E-state index in [-0.39, 0.29) is 17.4 Å². The fourth-order valence-electron chi connectivity index (χ4n) is 12.2. The number of carbonyl (C=O) groups excluding carboxylic acids is 1. The molecule has 1 N–H and O–H groups in total. The highest BCUT2D eigenvalue weighted by Crippen LogP contribution is 2.76. The Labute approximate surface area is 232 Å². The van der Waals surface area contributed by atoms with E-state index in [0.29, 0.717) is 28.1 Å². The summed E-state index contributed by atoms with van der Waals surface area (Å²) < 4.78 is 0. The Hall–Kier alpha value is -1.64. The van der Waals surface area contributed by atoms with E-state index in [0.717, 1.165) is 35.7 Å². The molecule has 1 amide bonds. The summed E-state index contributed by atoms with van der Waals surface area (Å²) in [6.07, 6.45) is 16.7. The van der Waals surface area contributed by atoms with Gasteiger partial charge in [0, 0.05) is 24.0 Å². The first-order valence-corrected chi connectivity index (χ1v) is 15.8. The molecule has 3 heteroatoms. The molecule has 10 atom stereocenters. The molecule has 208 valence electrons. The van der Waals surface area contributed by atoms with E-state index in [1.807, 2.05) is 12.1 Å². The van der Waals surface area contributed by atoms with E-state index in [1.165, 1.54) is 63.4 Å². The number of nitrogens with zero attached hydrogens (tertiary/aromatic N) is 1. The van der Waals surface area contributed by atoms with Gasteiger partial charge in [-0.3, -0.25) is 9.78 Å². The molecule has 0 aliphatic heterocycles. The summed E-state index contributed by atoms with van der Waals surface area (Å²) in [7, 11) is 0. The Bertz CT molecular complexity index is 1090.